The number of benzene rings is 1. The van der Waals surface area contributed by atoms with E-state index in [0.29, 0.717) is 6.54 Å². The zero-order chi connectivity index (χ0) is 15.9. The number of aliphatic hydroxyl groups is 1. The summed E-state index contributed by atoms with van der Waals surface area (Å²) in [7, 11) is 0. The zero-order valence-electron chi connectivity index (χ0n) is 13.6. The summed E-state index contributed by atoms with van der Waals surface area (Å²) in [6.45, 7) is 9.13. The minimum atomic E-state index is -0.794. The Kier molecular flexibility index (Phi) is 6.85. The number of carbonyl (C=O) groups is 1. The molecule has 1 aromatic carbocycles. The molecule has 4 heteroatoms. The van der Waals surface area contributed by atoms with Crippen molar-refractivity contribution in [2.75, 3.05) is 25.0 Å². The standard InChI is InChI=1S/C17H28N2O2/c1-5-7-14-8-10-15(11-9-14)18-16(20)12-19(6-2)13-17(3,4)21/h8-11,21H,5-7,12-13H2,1-4H3,(H,18,20). The van der Waals surface area contributed by atoms with E-state index in [1.165, 1.54) is 5.56 Å². The van der Waals surface area contributed by atoms with Crippen LogP contribution in [0.15, 0.2) is 24.3 Å². The Morgan fingerprint density at radius 3 is 2.33 bits per heavy atom. The number of amides is 1. The van der Waals surface area contributed by atoms with Crippen LogP contribution < -0.4 is 5.32 Å². The number of nitrogens with zero attached hydrogens (tertiary/aromatic N) is 1. The van der Waals surface area contributed by atoms with E-state index in [1.807, 2.05) is 36.1 Å². The van der Waals surface area contributed by atoms with Crippen molar-refractivity contribution in [3.63, 3.8) is 0 Å². The van der Waals surface area contributed by atoms with E-state index in [9.17, 15) is 9.90 Å². The largest absolute Gasteiger partial charge is 0.389 e. The molecular weight excluding hydrogens is 264 g/mol. The number of carbonyl (C=O) groups excluding carboxylic acids is 1. The van der Waals surface area contributed by atoms with Crippen LogP contribution in [0.3, 0.4) is 0 Å². The molecule has 118 valence electrons. The number of hydrogen-bond donors (Lipinski definition) is 2. The number of hydrogen-bond acceptors (Lipinski definition) is 3. The first-order valence-electron chi connectivity index (χ1n) is 7.67. The van der Waals surface area contributed by atoms with Crippen molar-refractivity contribution in [2.24, 2.45) is 0 Å². The van der Waals surface area contributed by atoms with E-state index < -0.39 is 5.60 Å². The van der Waals surface area contributed by atoms with Crippen molar-refractivity contribution in [1.82, 2.24) is 4.90 Å². The Morgan fingerprint density at radius 1 is 1.24 bits per heavy atom. The number of aryl methyl sites for hydroxylation is 1. The highest BCUT2D eigenvalue weighted by atomic mass is 16.3. The molecule has 0 aromatic heterocycles. The number of anilines is 1. The van der Waals surface area contributed by atoms with Gasteiger partial charge in [-0.3, -0.25) is 9.69 Å². The van der Waals surface area contributed by atoms with E-state index in [2.05, 4.69) is 12.2 Å². The number of rotatable bonds is 8. The van der Waals surface area contributed by atoms with Crippen LogP contribution in [0.25, 0.3) is 0 Å². The summed E-state index contributed by atoms with van der Waals surface area (Å²) in [5.41, 5.74) is 1.31. The lowest BCUT2D eigenvalue weighted by molar-refractivity contribution is -0.117. The molecule has 21 heavy (non-hydrogen) atoms. The van der Waals surface area contributed by atoms with Gasteiger partial charge in [0, 0.05) is 12.2 Å². The van der Waals surface area contributed by atoms with Crippen LogP contribution in [0.5, 0.6) is 0 Å². The molecular formula is C17H28N2O2. The maximum Gasteiger partial charge on any atom is 0.238 e. The summed E-state index contributed by atoms with van der Waals surface area (Å²) >= 11 is 0. The van der Waals surface area contributed by atoms with Crippen LogP contribution in [0, 0.1) is 0 Å². The Hall–Kier alpha value is -1.39. The maximum absolute atomic E-state index is 12.0. The van der Waals surface area contributed by atoms with Crippen LogP contribution in [0.4, 0.5) is 5.69 Å². The summed E-state index contributed by atoms with van der Waals surface area (Å²) in [4.78, 5) is 14.0. The molecule has 0 saturated heterocycles. The topological polar surface area (TPSA) is 52.6 Å². The van der Waals surface area contributed by atoms with E-state index >= 15 is 0 Å². The first kappa shape index (κ1) is 17.7. The second kappa shape index (κ2) is 8.15. The molecule has 0 radical (unpaired) electrons. The second-order valence-corrected chi connectivity index (χ2v) is 6.11. The molecule has 0 aliphatic heterocycles. The molecule has 4 nitrogen and oxygen atoms in total. The average Bonchev–Trinajstić information content (AvgIpc) is 2.39. The third-order valence-electron chi connectivity index (χ3n) is 3.20. The molecule has 1 amide bonds. The third kappa shape index (κ3) is 7.25. The molecule has 0 saturated carbocycles. The first-order chi connectivity index (χ1) is 9.84. The van der Waals surface area contributed by atoms with Gasteiger partial charge in [0.2, 0.25) is 5.91 Å². The Labute approximate surface area is 128 Å². The van der Waals surface area contributed by atoms with Crippen LogP contribution in [0.2, 0.25) is 0 Å². The van der Waals surface area contributed by atoms with Gasteiger partial charge in [-0.15, -0.1) is 0 Å². The Morgan fingerprint density at radius 2 is 1.86 bits per heavy atom. The summed E-state index contributed by atoms with van der Waals surface area (Å²) in [5, 5.41) is 12.7. The SMILES string of the molecule is CCCc1ccc(NC(=O)CN(CC)CC(C)(C)O)cc1. The van der Waals surface area contributed by atoms with Gasteiger partial charge in [-0.1, -0.05) is 32.4 Å². The van der Waals surface area contributed by atoms with Crippen molar-refractivity contribution >= 4 is 11.6 Å². The van der Waals surface area contributed by atoms with Gasteiger partial charge in [0.1, 0.15) is 0 Å². The van der Waals surface area contributed by atoms with Gasteiger partial charge < -0.3 is 10.4 Å². The molecule has 2 N–H and O–H groups in total. The predicted molar refractivity (Wildman–Crippen MR) is 87.5 cm³/mol. The van der Waals surface area contributed by atoms with Crippen molar-refractivity contribution in [2.45, 2.75) is 46.1 Å². The summed E-state index contributed by atoms with van der Waals surface area (Å²) in [5.74, 6) is -0.0515. The first-order valence-corrected chi connectivity index (χ1v) is 7.67. The molecule has 1 aromatic rings. The molecule has 0 unspecified atom stereocenters. The lowest BCUT2D eigenvalue weighted by Crippen LogP contribution is -2.42. The van der Waals surface area contributed by atoms with Crippen molar-refractivity contribution < 1.29 is 9.90 Å². The second-order valence-electron chi connectivity index (χ2n) is 6.11. The van der Waals surface area contributed by atoms with E-state index in [0.717, 1.165) is 25.1 Å². The van der Waals surface area contributed by atoms with Crippen LogP contribution in [-0.4, -0.2) is 41.1 Å². The van der Waals surface area contributed by atoms with Crippen molar-refractivity contribution in [3.8, 4) is 0 Å². The van der Waals surface area contributed by atoms with Gasteiger partial charge in [0.05, 0.1) is 12.1 Å². The molecule has 0 aliphatic carbocycles. The van der Waals surface area contributed by atoms with E-state index in [1.54, 1.807) is 13.8 Å². The number of nitrogens with one attached hydrogen (secondary N) is 1. The van der Waals surface area contributed by atoms with Crippen LogP contribution in [0.1, 0.15) is 39.7 Å². The quantitative estimate of drug-likeness (QED) is 0.774. The average molecular weight is 292 g/mol. The van der Waals surface area contributed by atoms with Gasteiger partial charge in [0.25, 0.3) is 0 Å². The fraction of sp³-hybridized carbons (Fsp3) is 0.588. The van der Waals surface area contributed by atoms with E-state index in [4.69, 9.17) is 0 Å². The smallest absolute Gasteiger partial charge is 0.238 e. The van der Waals surface area contributed by atoms with Gasteiger partial charge in [0.15, 0.2) is 0 Å². The maximum atomic E-state index is 12.0. The fourth-order valence-electron chi connectivity index (χ4n) is 2.27. The highest BCUT2D eigenvalue weighted by Crippen LogP contribution is 2.11. The van der Waals surface area contributed by atoms with Crippen molar-refractivity contribution in [1.29, 1.82) is 0 Å². The monoisotopic (exact) mass is 292 g/mol. The molecule has 0 bridgehead atoms. The van der Waals surface area contributed by atoms with Crippen molar-refractivity contribution in [3.05, 3.63) is 29.8 Å². The minimum Gasteiger partial charge on any atom is -0.389 e. The van der Waals surface area contributed by atoms with Gasteiger partial charge in [-0.05, 0) is 44.5 Å². The summed E-state index contributed by atoms with van der Waals surface area (Å²) in [6, 6.07) is 7.98. The van der Waals surface area contributed by atoms with Crippen LogP contribution >= 0.6 is 0 Å². The highest BCUT2D eigenvalue weighted by molar-refractivity contribution is 5.92. The summed E-state index contributed by atoms with van der Waals surface area (Å²) < 4.78 is 0. The normalized spacial score (nSPS) is 11.7. The molecule has 0 heterocycles. The van der Waals surface area contributed by atoms with E-state index in [-0.39, 0.29) is 12.5 Å². The lowest BCUT2D eigenvalue weighted by Gasteiger charge is -2.27. The van der Waals surface area contributed by atoms with Gasteiger partial charge >= 0.3 is 0 Å². The Balaban J connectivity index is 2.52. The van der Waals surface area contributed by atoms with Gasteiger partial charge in [-0.25, -0.2) is 0 Å². The molecule has 0 spiro atoms. The Bertz CT molecular complexity index is 435. The zero-order valence-corrected chi connectivity index (χ0v) is 13.6. The van der Waals surface area contributed by atoms with Crippen LogP contribution in [-0.2, 0) is 11.2 Å². The third-order valence-corrected chi connectivity index (χ3v) is 3.20. The molecule has 0 atom stereocenters. The summed E-state index contributed by atoms with van der Waals surface area (Å²) in [6.07, 6.45) is 2.18. The molecule has 0 fully saturated rings. The van der Waals surface area contributed by atoms with Gasteiger partial charge in [-0.2, -0.15) is 0 Å². The highest BCUT2D eigenvalue weighted by Gasteiger charge is 2.19. The minimum absolute atomic E-state index is 0.0515. The molecule has 0 aliphatic rings. The fourth-order valence-corrected chi connectivity index (χ4v) is 2.27. The molecule has 1 rings (SSSR count). The number of likely N-dealkylation sites (N-methyl/N-ethyl adjacent to an activating group) is 1. The lowest BCUT2D eigenvalue weighted by atomic mass is 10.1. The predicted octanol–water partition coefficient (Wildman–Crippen LogP) is 2.67.